The van der Waals surface area contributed by atoms with E-state index in [0.29, 0.717) is 22.4 Å². The maximum absolute atomic E-state index is 12.8. The normalized spacial score (nSPS) is 11.2. The fourth-order valence-electron chi connectivity index (χ4n) is 4.30. The third-order valence-electron chi connectivity index (χ3n) is 6.59. The molecule has 1 heterocycles. The molecule has 0 aliphatic heterocycles. The van der Waals surface area contributed by atoms with E-state index in [1.165, 1.54) is 17.3 Å². The quantitative estimate of drug-likeness (QED) is 0.169. The van der Waals surface area contributed by atoms with Crippen LogP contribution in [0.3, 0.4) is 0 Å². The van der Waals surface area contributed by atoms with Gasteiger partial charge in [-0.3, -0.25) is 9.36 Å². The average molecular weight is 579 g/mol. The molecule has 0 radical (unpaired) electrons. The Morgan fingerprint density at radius 2 is 1.45 bits per heavy atom. The number of ether oxygens (including phenoxy) is 2. The number of nitrogens with one attached hydrogen (secondary N) is 1. The predicted molar refractivity (Wildman–Crippen MR) is 168 cm³/mol. The number of aromatic nitrogens is 3. The van der Waals surface area contributed by atoms with Crippen molar-refractivity contribution in [2.75, 3.05) is 11.1 Å². The number of amides is 1. The number of benzene rings is 4. The summed E-state index contributed by atoms with van der Waals surface area (Å²) in [7, 11) is 0. The highest BCUT2D eigenvalue weighted by atomic mass is 32.2. The number of carbonyl (C=O) groups is 1. The van der Waals surface area contributed by atoms with E-state index in [4.69, 9.17) is 9.47 Å². The highest BCUT2D eigenvalue weighted by Crippen LogP contribution is 2.28. The molecule has 7 nitrogen and oxygen atoms in total. The van der Waals surface area contributed by atoms with Crippen LogP contribution < -0.4 is 14.8 Å². The molecule has 5 aromatic rings. The van der Waals surface area contributed by atoms with Gasteiger partial charge in [-0.25, -0.2) is 0 Å². The van der Waals surface area contributed by atoms with Crippen molar-refractivity contribution in [2.24, 2.45) is 0 Å². The molecule has 0 aliphatic rings. The van der Waals surface area contributed by atoms with Gasteiger partial charge in [-0.05, 0) is 78.1 Å². The van der Waals surface area contributed by atoms with Crippen molar-refractivity contribution in [1.82, 2.24) is 14.8 Å². The third kappa shape index (κ3) is 7.39. The number of rotatable bonds is 10. The van der Waals surface area contributed by atoms with Crippen LogP contribution in [0.2, 0.25) is 0 Å². The highest BCUT2D eigenvalue weighted by molar-refractivity contribution is 7.99. The van der Waals surface area contributed by atoms with Gasteiger partial charge in [0, 0.05) is 5.69 Å². The van der Waals surface area contributed by atoms with Crippen molar-refractivity contribution in [1.29, 1.82) is 0 Å². The summed E-state index contributed by atoms with van der Waals surface area (Å²) in [5, 5.41) is 12.4. The summed E-state index contributed by atoms with van der Waals surface area (Å²) in [5.74, 6) is 2.89. The Morgan fingerprint density at radius 1 is 0.810 bits per heavy atom. The molecule has 1 amide bonds. The SMILES string of the molecule is Cc1ccccc1-n1c(COc2ccc(C(C)(C)C)cc2)nnc1SCC(=O)Nc1ccc(Oc2ccccc2)cc1. The van der Waals surface area contributed by atoms with Crippen LogP contribution in [0.15, 0.2) is 108 Å². The molecule has 0 spiro atoms. The smallest absolute Gasteiger partial charge is 0.234 e. The second kappa shape index (κ2) is 13.0. The van der Waals surface area contributed by atoms with E-state index >= 15 is 0 Å². The van der Waals surface area contributed by atoms with Crippen molar-refractivity contribution in [3.05, 3.63) is 120 Å². The van der Waals surface area contributed by atoms with Gasteiger partial charge in [0.25, 0.3) is 0 Å². The summed E-state index contributed by atoms with van der Waals surface area (Å²) in [6.07, 6.45) is 0. The van der Waals surface area contributed by atoms with Crippen molar-refractivity contribution >= 4 is 23.4 Å². The minimum absolute atomic E-state index is 0.0716. The number of anilines is 1. The fourth-order valence-corrected chi connectivity index (χ4v) is 5.06. The Balaban J connectivity index is 1.25. The molecule has 0 unspecified atom stereocenters. The van der Waals surface area contributed by atoms with E-state index in [1.807, 2.05) is 102 Å². The standard InChI is InChI=1S/C34H34N4O3S/c1-24-10-8-9-13-30(24)38-31(22-40-27-18-14-25(15-19-27)34(2,3)4)36-37-33(38)42-23-32(39)35-26-16-20-29(21-17-26)41-28-11-6-5-7-12-28/h5-21H,22-23H2,1-4H3,(H,35,39). The predicted octanol–water partition coefficient (Wildman–Crippen LogP) is 7.98. The summed E-state index contributed by atoms with van der Waals surface area (Å²) in [4.78, 5) is 12.8. The van der Waals surface area contributed by atoms with Crippen molar-refractivity contribution < 1.29 is 14.3 Å². The van der Waals surface area contributed by atoms with E-state index in [2.05, 4.69) is 48.4 Å². The zero-order valence-electron chi connectivity index (χ0n) is 24.2. The molecule has 0 fully saturated rings. The molecule has 0 saturated carbocycles. The lowest BCUT2D eigenvalue weighted by Crippen LogP contribution is -2.15. The van der Waals surface area contributed by atoms with E-state index < -0.39 is 0 Å². The van der Waals surface area contributed by atoms with Gasteiger partial charge in [-0.1, -0.05) is 81.1 Å². The first kappa shape index (κ1) is 29.0. The van der Waals surface area contributed by atoms with Crippen LogP contribution in [0.25, 0.3) is 5.69 Å². The molecule has 5 rings (SSSR count). The van der Waals surface area contributed by atoms with Gasteiger partial charge in [0.1, 0.15) is 23.9 Å². The molecule has 0 bridgehead atoms. The topological polar surface area (TPSA) is 78.3 Å². The first-order chi connectivity index (χ1) is 20.3. The number of thioether (sulfide) groups is 1. The first-order valence-corrected chi connectivity index (χ1v) is 14.7. The van der Waals surface area contributed by atoms with Gasteiger partial charge in [-0.2, -0.15) is 0 Å². The number of hydrogen-bond acceptors (Lipinski definition) is 6. The first-order valence-electron chi connectivity index (χ1n) is 13.8. The van der Waals surface area contributed by atoms with Gasteiger partial charge in [-0.15, -0.1) is 10.2 Å². The Morgan fingerprint density at radius 3 is 2.14 bits per heavy atom. The number of hydrogen-bond donors (Lipinski definition) is 1. The van der Waals surface area contributed by atoms with Crippen molar-refractivity contribution in [2.45, 2.75) is 44.9 Å². The van der Waals surface area contributed by atoms with Crippen LogP contribution in [-0.2, 0) is 16.8 Å². The molecular weight excluding hydrogens is 544 g/mol. The lowest BCUT2D eigenvalue weighted by Gasteiger charge is -2.19. The van der Waals surface area contributed by atoms with Gasteiger partial charge in [0.2, 0.25) is 5.91 Å². The van der Waals surface area contributed by atoms with Crippen LogP contribution in [0.5, 0.6) is 17.2 Å². The molecule has 0 atom stereocenters. The zero-order chi connectivity index (χ0) is 29.5. The van der Waals surface area contributed by atoms with Crippen LogP contribution in [0.4, 0.5) is 5.69 Å². The van der Waals surface area contributed by atoms with E-state index in [1.54, 1.807) is 0 Å². The fraction of sp³-hybridized carbons (Fsp3) is 0.206. The van der Waals surface area contributed by atoms with Gasteiger partial charge in [0.15, 0.2) is 11.0 Å². The molecule has 42 heavy (non-hydrogen) atoms. The zero-order valence-corrected chi connectivity index (χ0v) is 25.0. The summed E-state index contributed by atoms with van der Waals surface area (Å²) in [5.41, 5.74) is 4.01. The summed E-state index contributed by atoms with van der Waals surface area (Å²) >= 11 is 1.33. The van der Waals surface area contributed by atoms with Gasteiger partial charge < -0.3 is 14.8 Å². The highest BCUT2D eigenvalue weighted by Gasteiger charge is 2.18. The Hall–Kier alpha value is -4.56. The summed E-state index contributed by atoms with van der Waals surface area (Å²) in [6, 6.07) is 33.0. The Kier molecular flexibility index (Phi) is 8.93. The second-order valence-corrected chi connectivity index (χ2v) is 11.8. The second-order valence-electron chi connectivity index (χ2n) is 10.9. The molecular formula is C34H34N4O3S. The lowest BCUT2D eigenvalue weighted by atomic mass is 9.87. The van der Waals surface area contributed by atoms with Gasteiger partial charge in [0.05, 0.1) is 11.4 Å². The number of para-hydroxylation sites is 2. The Bertz CT molecular complexity index is 1630. The molecule has 0 saturated heterocycles. The molecule has 1 N–H and O–H groups in total. The third-order valence-corrected chi connectivity index (χ3v) is 7.52. The van der Waals surface area contributed by atoms with Crippen LogP contribution in [0, 0.1) is 6.92 Å². The maximum atomic E-state index is 12.8. The van der Waals surface area contributed by atoms with Crippen molar-refractivity contribution in [3.63, 3.8) is 0 Å². The maximum Gasteiger partial charge on any atom is 0.234 e. The monoisotopic (exact) mass is 578 g/mol. The summed E-state index contributed by atoms with van der Waals surface area (Å²) in [6.45, 7) is 8.83. The Labute approximate surface area is 250 Å². The molecule has 0 aliphatic carbocycles. The molecule has 4 aromatic carbocycles. The minimum atomic E-state index is -0.146. The number of nitrogens with zero attached hydrogens (tertiary/aromatic N) is 3. The van der Waals surface area contributed by atoms with Crippen LogP contribution >= 0.6 is 11.8 Å². The summed E-state index contributed by atoms with van der Waals surface area (Å²) < 4.78 is 13.9. The minimum Gasteiger partial charge on any atom is -0.486 e. The van der Waals surface area contributed by atoms with E-state index in [9.17, 15) is 4.79 Å². The van der Waals surface area contributed by atoms with Gasteiger partial charge >= 0.3 is 0 Å². The molecule has 1 aromatic heterocycles. The number of aryl methyl sites for hydroxylation is 1. The molecule has 8 heteroatoms. The van der Waals surface area contributed by atoms with Crippen LogP contribution in [0.1, 0.15) is 37.7 Å². The largest absolute Gasteiger partial charge is 0.486 e. The van der Waals surface area contributed by atoms with E-state index in [0.717, 1.165) is 22.7 Å². The average Bonchev–Trinajstić information content (AvgIpc) is 3.39. The van der Waals surface area contributed by atoms with Crippen LogP contribution in [-0.4, -0.2) is 26.4 Å². The number of carbonyl (C=O) groups excluding carboxylic acids is 1. The lowest BCUT2D eigenvalue weighted by molar-refractivity contribution is -0.113. The molecule has 214 valence electrons. The van der Waals surface area contributed by atoms with E-state index in [-0.39, 0.29) is 23.7 Å². The van der Waals surface area contributed by atoms with Crippen molar-refractivity contribution in [3.8, 4) is 22.9 Å².